The fourth-order valence-corrected chi connectivity index (χ4v) is 4.82. The minimum Gasteiger partial charge on any atom is -0.493 e. The topological polar surface area (TPSA) is 84.0 Å². The molecule has 2 atom stereocenters. The fourth-order valence-electron chi connectivity index (χ4n) is 4.82. The highest BCUT2D eigenvalue weighted by Crippen LogP contribution is 2.54. The van der Waals surface area contributed by atoms with Gasteiger partial charge in [-0.15, -0.1) is 0 Å². The maximum atomic E-state index is 15.1. The number of aromatic nitrogens is 1. The Morgan fingerprint density at radius 2 is 1.72 bits per heavy atom. The Morgan fingerprint density at radius 1 is 0.949 bits per heavy atom. The standard InChI is InChI=1S/C31H28FNO6/c1-19-17-31(19,30(35)37-3)29(34)14-21-9-10-26(23(32)13-21)39-25-11-12-33-24-16-28(27(36-2)15-22(24)25)38-18-20-7-5-4-6-8-20/h4-13,15-16,19H,14,17-18H2,1-3H3/t19-,31+/m1/s1. The number of ketones is 1. The molecule has 0 aliphatic heterocycles. The molecule has 3 aromatic carbocycles. The van der Waals surface area contributed by atoms with Gasteiger partial charge in [0.05, 0.1) is 19.7 Å². The van der Waals surface area contributed by atoms with Crippen molar-refractivity contribution in [3.63, 3.8) is 0 Å². The van der Waals surface area contributed by atoms with Crippen LogP contribution in [0.5, 0.6) is 23.0 Å². The van der Waals surface area contributed by atoms with Gasteiger partial charge in [-0.1, -0.05) is 43.3 Å². The van der Waals surface area contributed by atoms with E-state index in [1.54, 1.807) is 37.6 Å². The molecule has 0 spiro atoms. The third-order valence-electron chi connectivity index (χ3n) is 7.16. The molecule has 0 unspecified atom stereocenters. The molecule has 0 N–H and O–H groups in total. The van der Waals surface area contributed by atoms with E-state index in [2.05, 4.69) is 4.98 Å². The SMILES string of the molecule is COC(=O)[C@@]1(C(=O)Cc2ccc(Oc3ccnc4cc(OCc5ccccc5)c(OC)cc34)c(F)c2)C[C@H]1C. The number of ether oxygens (including phenoxy) is 4. The number of esters is 1. The lowest BCUT2D eigenvalue weighted by atomic mass is 9.93. The third kappa shape index (κ3) is 5.14. The average Bonchev–Trinajstić information content (AvgIpc) is 3.65. The molecule has 1 aliphatic rings. The van der Waals surface area contributed by atoms with Gasteiger partial charge >= 0.3 is 5.97 Å². The summed E-state index contributed by atoms with van der Waals surface area (Å²) in [5.74, 6) is -0.145. The van der Waals surface area contributed by atoms with E-state index < -0.39 is 17.2 Å². The van der Waals surface area contributed by atoms with Crippen molar-refractivity contribution in [1.82, 2.24) is 4.98 Å². The quantitative estimate of drug-likeness (QED) is 0.182. The highest BCUT2D eigenvalue weighted by atomic mass is 19.1. The van der Waals surface area contributed by atoms with E-state index in [4.69, 9.17) is 18.9 Å². The molecule has 0 radical (unpaired) electrons. The number of methoxy groups -OCH3 is 2. The number of rotatable bonds is 10. The molecule has 5 rings (SSSR count). The van der Waals surface area contributed by atoms with Crippen molar-refractivity contribution in [3.8, 4) is 23.0 Å². The largest absolute Gasteiger partial charge is 0.493 e. The van der Waals surface area contributed by atoms with Gasteiger partial charge in [-0.3, -0.25) is 14.6 Å². The smallest absolute Gasteiger partial charge is 0.319 e. The Morgan fingerprint density at radius 3 is 2.38 bits per heavy atom. The van der Waals surface area contributed by atoms with Crippen molar-refractivity contribution in [2.24, 2.45) is 11.3 Å². The van der Waals surface area contributed by atoms with E-state index in [1.807, 2.05) is 37.3 Å². The number of pyridine rings is 1. The van der Waals surface area contributed by atoms with Gasteiger partial charge in [-0.2, -0.15) is 0 Å². The molecule has 1 heterocycles. The molecule has 39 heavy (non-hydrogen) atoms. The molecule has 200 valence electrons. The van der Waals surface area contributed by atoms with Crippen LogP contribution in [-0.2, 0) is 27.4 Å². The Bertz CT molecular complexity index is 1540. The number of Topliss-reactive ketones (excluding diaryl/α,β-unsaturated/α-hetero) is 1. The molecule has 0 saturated heterocycles. The monoisotopic (exact) mass is 529 g/mol. The van der Waals surface area contributed by atoms with Crippen LogP contribution in [-0.4, -0.2) is 31.0 Å². The molecular weight excluding hydrogens is 501 g/mol. The minimum atomic E-state index is -1.13. The second-order valence-electron chi connectivity index (χ2n) is 9.64. The van der Waals surface area contributed by atoms with Gasteiger partial charge < -0.3 is 18.9 Å². The first-order valence-electron chi connectivity index (χ1n) is 12.6. The van der Waals surface area contributed by atoms with Crippen LogP contribution in [0.4, 0.5) is 4.39 Å². The van der Waals surface area contributed by atoms with E-state index in [-0.39, 0.29) is 23.9 Å². The molecule has 1 fully saturated rings. The summed E-state index contributed by atoms with van der Waals surface area (Å²) in [5.41, 5.74) is 0.927. The summed E-state index contributed by atoms with van der Waals surface area (Å²) in [7, 11) is 2.81. The summed E-state index contributed by atoms with van der Waals surface area (Å²) >= 11 is 0. The summed E-state index contributed by atoms with van der Waals surface area (Å²) in [6.45, 7) is 2.19. The first-order chi connectivity index (χ1) is 18.8. The number of benzene rings is 3. The van der Waals surface area contributed by atoms with Crippen molar-refractivity contribution in [2.75, 3.05) is 14.2 Å². The van der Waals surface area contributed by atoms with Crippen LogP contribution in [0.15, 0.2) is 72.9 Å². The zero-order valence-corrected chi connectivity index (χ0v) is 21.9. The first kappa shape index (κ1) is 26.2. The maximum absolute atomic E-state index is 15.1. The van der Waals surface area contributed by atoms with Crippen LogP contribution in [0.25, 0.3) is 10.9 Å². The Kier molecular flexibility index (Phi) is 7.19. The molecule has 0 amide bonds. The van der Waals surface area contributed by atoms with Crippen LogP contribution in [0, 0.1) is 17.2 Å². The number of carbonyl (C=O) groups excluding carboxylic acids is 2. The molecule has 1 saturated carbocycles. The van der Waals surface area contributed by atoms with E-state index in [0.717, 1.165) is 5.56 Å². The summed E-state index contributed by atoms with van der Waals surface area (Å²) in [5, 5.41) is 0.614. The Labute approximate surface area is 225 Å². The van der Waals surface area contributed by atoms with E-state index in [0.29, 0.717) is 46.7 Å². The van der Waals surface area contributed by atoms with Crippen LogP contribution in [0.1, 0.15) is 24.5 Å². The molecule has 0 bridgehead atoms. The number of fused-ring (bicyclic) bond motifs is 1. The van der Waals surface area contributed by atoms with Gasteiger partial charge in [0, 0.05) is 24.1 Å². The lowest BCUT2D eigenvalue weighted by Gasteiger charge is -2.15. The predicted molar refractivity (Wildman–Crippen MR) is 142 cm³/mol. The average molecular weight is 530 g/mol. The number of carbonyl (C=O) groups is 2. The number of halogens is 1. The van der Waals surface area contributed by atoms with Crippen molar-refractivity contribution < 1.29 is 32.9 Å². The summed E-state index contributed by atoms with van der Waals surface area (Å²) in [6.07, 6.45) is 1.94. The summed E-state index contributed by atoms with van der Waals surface area (Å²) < 4.78 is 37.4. The molecule has 8 heteroatoms. The molecule has 1 aliphatic carbocycles. The van der Waals surface area contributed by atoms with Crippen LogP contribution < -0.4 is 14.2 Å². The first-order valence-corrected chi connectivity index (χ1v) is 12.6. The number of hydrogen-bond acceptors (Lipinski definition) is 7. The third-order valence-corrected chi connectivity index (χ3v) is 7.16. The summed E-state index contributed by atoms with van der Waals surface area (Å²) in [4.78, 5) is 29.5. The second-order valence-corrected chi connectivity index (χ2v) is 9.64. The van der Waals surface area contributed by atoms with Crippen molar-refractivity contribution in [1.29, 1.82) is 0 Å². The van der Waals surface area contributed by atoms with E-state index >= 15 is 4.39 Å². The van der Waals surface area contributed by atoms with E-state index in [1.165, 1.54) is 19.2 Å². The fraction of sp³-hybridized carbons (Fsp3) is 0.258. The van der Waals surface area contributed by atoms with Gasteiger partial charge in [0.15, 0.2) is 28.8 Å². The van der Waals surface area contributed by atoms with Crippen molar-refractivity contribution >= 4 is 22.7 Å². The van der Waals surface area contributed by atoms with Crippen LogP contribution in [0.2, 0.25) is 0 Å². The Balaban J connectivity index is 1.35. The number of hydrogen-bond donors (Lipinski definition) is 0. The van der Waals surface area contributed by atoms with Gasteiger partial charge in [0.25, 0.3) is 0 Å². The van der Waals surface area contributed by atoms with Gasteiger partial charge in [0.1, 0.15) is 17.8 Å². The normalized spacial score (nSPS) is 17.9. The van der Waals surface area contributed by atoms with Gasteiger partial charge in [0.2, 0.25) is 0 Å². The second kappa shape index (κ2) is 10.7. The van der Waals surface area contributed by atoms with Crippen molar-refractivity contribution in [2.45, 2.75) is 26.4 Å². The van der Waals surface area contributed by atoms with Crippen LogP contribution in [0.3, 0.4) is 0 Å². The minimum absolute atomic E-state index is 0.00968. The van der Waals surface area contributed by atoms with Crippen molar-refractivity contribution in [3.05, 3.63) is 89.9 Å². The van der Waals surface area contributed by atoms with E-state index in [9.17, 15) is 9.59 Å². The molecule has 7 nitrogen and oxygen atoms in total. The summed E-state index contributed by atoms with van der Waals surface area (Å²) in [6, 6.07) is 19.2. The Hall–Kier alpha value is -4.46. The van der Waals surface area contributed by atoms with Gasteiger partial charge in [-0.05, 0) is 47.7 Å². The zero-order chi connectivity index (χ0) is 27.6. The molecule has 4 aromatic rings. The molecule has 1 aromatic heterocycles. The zero-order valence-electron chi connectivity index (χ0n) is 21.9. The highest BCUT2D eigenvalue weighted by molar-refractivity contribution is 6.08. The van der Waals surface area contributed by atoms with Gasteiger partial charge in [-0.25, -0.2) is 4.39 Å². The predicted octanol–water partition coefficient (Wildman–Crippen LogP) is 6.06. The number of nitrogens with zero attached hydrogens (tertiary/aromatic N) is 1. The van der Waals surface area contributed by atoms with Crippen LogP contribution >= 0.6 is 0 Å². The molecular formula is C31H28FNO6. The lowest BCUT2D eigenvalue weighted by molar-refractivity contribution is -0.151. The highest BCUT2D eigenvalue weighted by Gasteiger charge is 2.63. The maximum Gasteiger partial charge on any atom is 0.319 e. The lowest BCUT2D eigenvalue weighted by Crippen LogP contribution is -2.30.